The van der Waals surface area contributed by atoms with E-state index < -0.39 is 23.4 Å². The van der Waals surface area contributed by atoms with Crippen LogP contribution in [0.2, 0.25) is 0 Å². The smallest absolute Gasteiger partial charge is 0.306 e. The number of fused-ring (bicyclic) bond motifs is 2. The van der Waals surface area contributed by atoms with Gasteiger partial charge in [0.05, 0.1) is 40.1 Å². The molecular weight excluding hydrogens is 405 g/mol. The van der Waals surface area contributed by atoms with Gasteiger partial charge in [-0.3, -0.25) is 9.59 Å². The number of nitrogens with two attached hydrogens (primary N) is 1. The second-order valence-corrected chi connectivity index (χ2v) is 7.22. The second kappa shape index (κ2) is 8.17. The van der Waals surface area contributed by atoms with Crippen LogP contribution in [0.15, 0.2) is 41.2 Å². The number of benzene rings is 2. The number of H-pyrrole nitrogens is 2. The molecule has 2 aromatic carbocycles. The number of carboxylic acid groups (broad SMARTS) is 1. The van der Waals surface area contributed by atoms with Crippen LogP contribution in [0.3, 0.4) is 0 Å². The van der Waals surface area contributed by atoms with Crippen LogP contribution < -0.4 is 16.6 Å². The first-order valence-corrected chi connectivity index (χ1v) is 9.53. The summed E-state index contributed by atoms with van der Waals surface area (Å²) in [5.74, 6) is -1.38. The molecule has 160 valence electrons. The number of aliphatic hydroxyl groups is 1. The number of hydrogen-bond acceptors (Lipinski definition) is 6. The van der Waals surface area contributed by atoms with Crippen LogP contribution in [0.4, 0.5) is 10.1 Å². The van der Waals surface area contributed by atoms with Crippen molar-refractivity contribution in [3.8, 4) is 11.4 Å². The third-order valence-electron chi connectivity index (χ3n) is 4.93. The number of aromatic nitrogens is 3. The predicted octanol–water partition coefficient (Wildman–Crippen LogP) is 1.72. The summed E-state index contributed by atoms with van der Waals surface area (Å²) in [5, 5.41) is 21.4. The number of carboxylic acids is 1. The highest BCUT2D eigenvalue weighted by Crippen LogP contribution is 2.29. The van der Waals surface area contributed by atoms with Crippen LogP contribution in [0.1, 0.15) is 12.0 Å². The number of carbonyl (C=O) groups is 1. The number of hydrogen-bond donors (Lipinski definition) is 6. The van der Waals surface area contributed by atoms with Gasteiger partial charge in [0.15, 0.2) is 0 Å². The lowest BCUT2D eigenvalue weighted by Crippen LogP contribution is -2.28. The van der Waals surface area contributed by atoms with Crippen molar-refractivity contribution in [2.75, 3.05) is 12.3 Å². The zero-order chi connectivity index (χ0) is 22.1. The maximum absolute atomic E-state index is 14.3. The predicted molar refractivity (Wildman–Crippen MR) is 114 cm³/mol. The SMILES string of the molecule is Nc1c(-c2nc3ccc(CNCC(O)CC(=O)O)cc3[nH]2)c(=O)[nH]c2cccc(F)c12. The lowest BCUT2D eigenvalue weighted by Gasteiger charge is -2.09. The first-order chi connectivity index (χ1) is 14.8. The Kier molecular flexibility index (Phi) is 5.40. The summed E-state index contributed by atoms with van der Waals surface area (Å²) in [6, 6.07) is 9.72. The molecule has 0 spiro atoms. The van der Waals surface area contributed by atoms with Crippen molar-refractivity contribution >= 4 is 33.6 Å². The van der Waals surface area contributed by atoms with Gasteiger partial charge in [-0.05, 0) is 29.8 Å². The van der Waals surface area contributed by atoms with Gasteiger partial charge in [-0.25, -0.2) is 9.37 Å². The number of aliphatic hydroxyl groups excluding tert-OH is 1. The minimum Gasteiger partial charge on any atom is -0.481 e. The number of halogens is 1. The van der Waals surface area contributed by atoms with Gasteiger partial charge in [0.2, 0.25) is 0 Å². The van der Waals surface area contributed by atoms with Crippen molar-refractivity contribution < 1.29 is 19.4 Å². The fourth-order valence-corrected chi connectivity index (χ4v) is 3.51. The Hall–Kier alpha value is -3.76. The average molecular weight is 425 g/mol. The molecule has 1 unspecified atom stereocenters. The fraction of sp³-hybridized carbons (Fsp3) is 0.190. The molecule has 0 radical (unpaired) electrons. The monoisotopic (exact) mass is 425 g/mol. The maximum atomic E-state index is 14.3. The van der Waals surface area contributed by atoms with Gasteiger partial charge in [-0.2, -0.15) is 0 Å². The Morgan fingerprint density at radius 1 is 1.23 bits per heavy atom. The molecule has 0 saturated carbocycles. The molecule has 0 aliphatic rings. The Morgan fingerprint density at radius 3 is 2.81 bits per heavy atom. The maximum Gasteiger partial charge on any atom is 0.306 e. The third-order valence-corrected chi connectivity index (χ3v) is 4.93. The van der Waals surface area contributed by atoms with Crippen molar-refractivity contribution in [1.29, 1.82) is 0 Å². The van der Waals surface area contributed by atoms with Gasteiger partial charge in [-0.15, -0.1) is 0 Å². The first kappa shape index (κ1) is 20.5. The quantitative estimate of drug-likeness (QED) is 0.263. The normalized spacial score (nSPS) is 12.5. The van der Waals surface area contributed by atoms with E-state index in [9.17, 15) is 19.1 Å². The second-order valence-electron chi connectivity index (χ2n) is 7.22. The average Bonchev–Trinajstić information content (AvgIpc) is 3.09. The molecule has 10 heteroatoms. The summed E-state index contributed by atoms with van der Waals surface area (Å²) in [7, 11) is 0. The minimum absolute atomic E-state index is 0.00483. The highest BCUT2D eigenvalue weighted by molar-refractivity contribution is 5.98. The Morgan fingerprint density at radius 2 is 2.03 bits per heavy atom. The number of nitrogens with zero attached hydrogens (tertiary/aromatic N) is 1. The van der Waals surface area contributed by atoms with E-state index in [1.54, 1.807) is 12.1 Å². The van der Waals surface area contributed by atoms with Crippen molar-refractivity contribution in [1.82, 2.24) is 20.3 Å². The number of pyridine rings is 1. The van der Waals surface area contributed by atoms with E-state index in [2.05, 4.69) is 20.3 Å². The Balaban J connectivity index is 1.63. The summed E-state index contributed by atoms with van der Waals surface area (Å²) in [6.45, 7) is 0.526. The highest BCUT2D eigenvalue weighted by Gasteiger charge is 2.18. The molecule has 0 saturated heterocycles. The molecule has 4 aromatic rings. The lowest BCUT2D eigenvalue weighted by atomic mass is 10.1. The lowest BCUT2D eigenvalue weighted by molar-refractivity contribution is -0.139. The van der Waals surface area contributed by atoms with E-state index in [1.807, 2.05) is 12.1 Å². The van der Waals surface area contributed by atoms with Crippen molar-refractivity contribution in [3.05, 3.63) is 58.1 Å². The molecule has 4 rings (SSSR count). The summed E-state index contributed by atoms with van der Waals surface area (Å²) >= 11 is 0. The van der Waals surface area contributed by atoms with E-state index >= 15 is 0 Å². The van der Waals surface area contributed by atoms with Crippen molar-refractivity contribution in [3.63, 3.8) is 0 Å². The first-order valence-electron chi connectivity index (χ1n) is 9.53. The molecule has 0 amide bonds. The van der Waals surface area contributed by atoms with Gasteiger partial charge in [-0.1, -0.05) is 12.1 Å². The summed E-state index contributed by atoms with van der Waals surface area (Å²) < 4.78 is 14.3. The minimum atomic E-state index is -1.07. The van der Waals surface area contributed by atoms with E-state index in [0.717, 1.165) is 5.56 Å². The van der Waals surface area contributed by atoms with Crippen LogP contribution in [-0.2, 0) is 11.3 Å². The van der Waals surface area contributed by atoms with E-state index in [0.29, 0.717) is 23.1 Å². The van der Waals surface area contributed by atoms with Gasteiger partial charge in [0, 0.05) is 13.1 Å². The summed E-state index contributed by atoms with van der Waals surface area (Å²) in [6.07, 6.45) is -1.32. The van der Waals surface area contributed by atoms with Crippen LogP contribution in [0.5, 0.6) is 0 Å². The molecule has 1 atom stereocenters. The van der Waals surface area contributed by atoms with Crippen LogP contribution >= 0.6 is 0 Å². The molecule has 2 heterocycles. The molecule has 9 nitrogen and oxygen atoms in total. The van der Waals surface area contributed by atoms with Gasteiger partial charge >= 0.3 is 5.97 Å². The molecule has 31 heavy (non-hydrogen) atoms. The number of imidazole rings is 1. The topological polar surface area (TPSA) is 157 Å². The number of aromatic amines is 2. The van der Waals surface area contributed by atoms with Gasteiger partial charge in [0.25, 0.3) is 5.56 Å². The Bertz CT molecular complexity index is 1350. The van der Waals surface area contributed by atoms with Crippen LogP contribution in [0, 0.1) is 5.82 Å². The van der Waals surface area contributed by atoms with Crippen LogP contribution in [-0.4, -0.2) is 43.8 Å². The fourth-order valence-electron chi connectivity index (χ4n) is 3.51. The third kappa shape index (κ3) is 4.11. The zero-order valence-electron chi connectivity index (χ0n) is 16.3. The van der Waals surface area contributed by atoms with Gasteiger partial charge < -0.3 is 31.2 Å². The van der Waals surface area contributed by atoms with Crippen molar-refractivity contribution in [2.24, 2.45) is 0 Å². The number of anilines is 1. The largest absolute Gasteiger partial charge is 0.481 e. The molecule has 0 fully saturated rings. The molecular formula is C21H20FN5O4. The summed E-state index contributed by atoms with van der Waals surface area (Å²) in [5.41, 5.74) is 8.13. The van der Waals surface area contributed by atoms with Crippen molar-refractivity contribution in [2.45, 2.75) is 19.1 Å². The number of nitrogen functional groups attached to an aromatic ring is 1. The zero-order valence-corrected chi connectivity index (χ0v) is 16.3. The number of aliphatic carboxylic acids is 1. The number of nitrogens with one attached hydrogen (secondary N) is 3. The number of rotatable bonds is 7. The summed E-state index contributed by atoms with van der Waals surface area (Å²) in [4.78, 5) is 33.3. The molecule has 7 N–H and O–H groups in total. The van der Waals surface area contributed by atoms with E-state index in [-0.39, 0.29) is 35.4 Å². The molecule has 0 aliphatic carbocycles. The molecule has 0 aliphatic heterocycles. The highest BCUT2D eigenvalue weighted by atomic mass is 19.1. The molecule has 0 bridgehead atoms. The van der Waals surface area contributed by atoms with E-state index in [1.165, 1.54) is 12.1 Å². The molecule has 2 aromatic heterocycles. The van der Waals surface area contributed by atoms with Gasteiger partial charge in [0.1, 0.15) is 17.2 Å². The standard InChI is InChI=1S/C21H20FN5O4/c22-12-2-1-3-14-17(12)19(23)18(21(31)27-14)20-25-13-5-4-10(6-15(13)26-20)8-24-9-11(28)7-16(29)30/h1-6,11,24,28H,7-9H2,(H,25,26)(H,29,30)(H3,23,27,31). The van der Waals surface area contributed by atoms with E-state index in [4.69, 9.17) is 10.8 Å². The van der Waals surface area contributed by atoms with Crippen LogP contribution in [0.25, 0.3) is 33.3 Å². The Labute approximate surface area is 174 Å².